The Morgan fingerprint density at radius 2 is 1.87 bits per heavy atom. The van der Waals surface area contributed by atoms with Crippen LogP contribution in [0.15, 0.2) is 77.7 Å². The zero-order valence-corrected chi connectivity index (χ0v) is 26.9. The van der Waals surface area contributed by atoms with Crippen molar-refractivity contribution in [3.63, 3.8) is 0 Å². The summed E-state index contributed by atoms with van der Waals surface area (Å²) >= 11 is 0. The Labute approximate surface area is 270 Å². The number of oxazole rings is 1. The van der Waals surface area contributed by atoms with E-state index in [0.717, 1.165) is 35.2 Å². The Morgan fingerprint density at radius 3 is 2.59 bits per heavy atom. The topological polar surface area (TPSA) is 130 Å². The van der Waals surface area contributed by atoms with Gasteiger partial charge in [0.05, 0.1) is 24.9 Å². The van der Waals surface area contributed by atoms with Gasteiger partial charge in [0.25, 0.3) is 11.8 Å². The Kier molecular flexibility index (Phi) is 10.8. The lowest BCUT2D eigenvalue weighted by Crippen LogP contribution is -2.48. The molecule has 5 rings (SSSR count). The quantitative estimate of drug-likeness (QED) is 0.190. The van der Waals surface area contributed by atoms with Crippen LogP contribution in [0.5, 0.6) is 5.75 Å². The molecule has 1 fully saturated rings. The average molecular weight is 626 g/mol. The molecule has 10 heteroatoms. The van der Waals surface area contributed by atoms with Crippen molar-refractivity contribution in [3.8, 4) is 5.75 Å². The van der Waals surface area contributed by atoms with Gasteiger partial charge in [-0.15, -0.1) is 0 Å². The highest BCUT2D eigenvalue weighted by Gasteiger charge is 2.34. The van der Waals surface area contributed by atoms with Crippen molar-refractivity contribution in [2.45, 2.75) is 70.7 Å². The van der Waals surface area contributed by atoms with Crippen molar-refractivity contribution in [2.24, 2.45) is 0 Å². The van der Waals surface area contributed by atoms with E-state index in [1.807, 2.05) is 49.6 Å². The number of hydrogen-bond acceptors (Lipinski definition) is 8. The molecule has 0 spiro atoms. The molecule has 0 radical (unpaired) electrons. The predicted octanol–water partition coefficient (Wildman–Crippen LogP) is 4.98. The highest BCUT2D eigenvalue weighted by molar-refractivity contribution is 6.00. The molecule has 0 bridgehead atoms. The summed E-state index contributed by atoms with van der Waals surface area (Å²) in [5.41, 5.74) is 4.50. The van der Waals surface area contributed by atoms with Crippen molar-refractivity contribution in [1.29, 1.82) is 0 Å². The Bertz CT molecular complexity index is 1620. The van der Waals surface area contributed by atoms with Crippen molar-refractivity contribution in [3.05, 3.63) is 113 Å². The van der Waals surface area contributed by atoms with Crippen molar-refractivity contribution >= 4 is 11.8 Å². The first-order chi connectivity index (χ1) is 22.2. The van der Waals surface area contributed by atoms with Gasteiger partial charge in [0, 0.05) is 43.2 Å². The summed E-state index contributed by atoms with van der Waals surface area (Å²) in [4.78, 5) is 38.0. The van der Waals surface area contributed by atoms with Crippen LogP contribution in [0.2, 0.25) is 0 Å². The summed E-state index contributed by atoms with van der Waals surface area (Å²) in [6.07, 6.45) is 6.35. The maximum atomic E-state index is 13.8. The number of aryl methyl sites for hydroxylation is 1. The van der Waals surface area contributed by atoms with E-state index in [2.05, 4.69) is 40.5 Å². The molecule has 242 valence electrons. The minimum Gasteiger partial charge on any atom is -0.497 e. The van der Waals surface area contributed by atoms with Gasteiger partial charge < -0.3 is 29.8 Å². The zero-order chi connectivity index (χ0) is 32.6. The van der Waals surface area contributed by atoms with E-state index < -0.39 is 18.1 Å². The van der Waals surface area contributed by atoms with Gasteiger partial charge in [-0.05, 0) is 67.0 Å². The molecule has 2 aromatic heterocycles. The van der Waals surface area contributed by atoms with Gasteiger partial charge in [-0.1, -0.05) is 50.2 Å². The van der Waals surface area contributed by atoms with Gasteiger partial charge in [-0.3, -0.25) is 14.6 Å². The van der Waals surface area contributed by atoms with Crippen LogP contribution in [0.25, 0.3) is 0 Å². The fourth-order valence-electron chi connectivity index (χ4n) is 5.76. The number of rotatable bonds is 13. The minimum atomic E-state index is -0.897. The first-order valence-corrected chi connectivity index (χ1v) is 15.8. The molecule has 10 nitrogen and oxygen atoms in total. The lowest BCUT2D eigenvalue weighted by molar-refractivity contribution is 0.0715. The molecule has 2 aromatic carbocycles. The van der Waals surface area contributed by atoms with Gasteiger partial charge in [-0.25, -0.2) is 4.98 Å². The highest BCUT2D eigenvalue weighted by Crippen LogP contribution is 2.33. The van der Waals surface area contributed by atoms with Crippen molar-refractivity contribution in [1.82, 2.24) is 25.5 Å². The van der Waals surface area contributed by atoms with Crippen LogP contribution in [-0.4, -0.2) is 64.1 Å². The van der Waals surface area contributed by atoms with E-state index in [1.165, 1.54) is 7.11 Å². The number of carbonyl (C=O) groups is 2. The maximum absolute atomic E-state index is 13.8. The Hall–Kier alpha value is -4.54. The number of methoxy groups -OCH3 is 1. The second kappa shape index (κ2) is 15.2. The summed E-state index contributed by atoms with van der Waals surface area (Å²) in [5.74, 6) is 0.623. The molecule has 3 heterocycles. The molecule has 0 unspecified atom stereocenters. The largest absolute Gasteiger partial charge is 0.497 e. The first kappa shape index (κ1) is 32.8. The van der Waals surface area contributed by atoms with Gasteiger partial charge in [-0.2, -0.15) is 0 Å². The summed E-state index contributed by atoms with van der Waals surface area (Å²) in [6.45, 7) is 7.43. The standard InChI is InChI=1S/C36H43N5O5/c1-23(2)29-13-26(18-37-20-29)19-38-21-33(42)31(14-25-9-6-5-7-10-25)40-34(43)27-15-28(17-30(16-27)45-4)36(44)41-12-8-11-32(41)35-39-24(3)22-46-35/h5-7,9-10,13,15-18,20,22-23,31-33,38,42H,8,11-12,14,19,21H2,1-4H3,(H,40,43)/t31-,32+,33-/m0/s1. The molecule has 1 saturated heterocycles. The van der Waals surface area contributed by atoms with E-state index in [4.69, 9.17) is 9.15 Å². The van der Waals surface area contributed by atoms with Crippen LogP contribution in [0.4, 0.5) is 0 Å². The number of aliphatic hydroxyl groups excluding tert-OH is 1. The number of hydrogen-bond donors (Lipinski definition) is 3. The van der Waals surface area contributed by atoms with Crippen LogP contribution in [0.1, 0.15) is 87.6 Å². The number of nitrogens with one attached hydrogen (secondary N) is 2. The van der Waals surface area contributed by atoms with Gasteiger partial charge in [0.15, 0.2) is 0 Å². The fraction of sp³-hybridized carbons (Fsp3) is 0.389. The lowest BCUT2D eigenvalue weighted by atomic mass is 10.00. The summed E-state index contributed by atoms with van der Waals surface area (Å²) in [6, 6.07) is 15.8. The van der Waals surface area contributed by atoms with E-state index >= 15 is 0 Å². The number of amides is 2. The van der Waals surface area contributed by atoms with E-state index in [0.29, 0.717) is 42.6 Å². The van der Waals surface area contributed by atoms with E-state index in [1.54, 1.807) is 29.4 Å². The number of benzene rings is 2. The van der Waals surface area contributed by atoms with Gasteiger partial charge in [0.2, 0.25) is 5.89 Å². The molecule has 3 atom stereocenters. The molecule has 1 aliphatic rings. The first-order valence-electron chi connectivity index (χ1n) is 15.8. The fourth-order valence-corrected chi connectivity index (χ4v) is 5.76. The van der Waals surface area contributed by atoms with Crippen molar-refractivity contribution in [2.75, 3.05) is 20.2 Å². The number of carbonyl (C=O) groups excluding carboxylic acids is 2. The number of aliphatic hydroxyl groups is 1. The van der Waals surface area contributed by atoms with Crippen LogP contribution < -0.4 is 15.4 Å². The summed E-state index contributed by atoms with van der Waals surface area (Å²) < 4.78 is 11.1. The van der Waals surface area contributed by atoms with E-state index in [9.17, 15) is 14.7 Å². The smallest absolute Gasteiger partial charge is 0.254 e. The summed E-state index contributed by atoms with van der Waals surface area (Å²) in [7, 11) is 1.50. The molecule has 46 heavy (non-hydrogen) atoms. The summed E-state index contributed by atoms with van der Waals surface area (Å²) in [5, 5.41) is 17.7. The molecule has 0 aliphatic carbocycles. The second-order valence-corrected chi connectivity index (χ2v) is 12.2. The third kappa shape index (κ3) is 8.18. The molecule has 4 aromatic rings. The van der Waals surface area contributed by atoms with Crippen LogP contribution in [0, 0.1) is 6.92 Å². The molecule has 3 N–H and O–H groups in total. The minimum absolute atomic E-state index is 0.229. The average Bonchev–Trinajstić information content (AvgIpc) is 3.73. The van der Waals surface area contributed by atoms with Crippen molar-refractivity contribution < 1.29 is 23.8 Å². The number of likely N-dealkylation sites (tertiary alicyclic amines) is 1. The molecular formula is C36H43N5O5. The van der Waals surface area contributed by atoms with Gasteiger partial charge >= 0.3 is 0 Å². The molecule has 0 saturated carbocycles. The molecule has 1 aliphatic heterocycles. The SMILES string of the molecule is COc1cc(C(=O)N[C@@H](Cc2ccccc2)[C@@H](O)CNCc2cncc(C(C)C)c2)cc(C(=O)N2CCC[C@@H]2c2nc(C)co2)c1. The highest BCUT2D eigenvalue weighted by atomic mass is 16.5. The third-order valence-electron chi connectivity index (χ3n) is 8.33. The monoisotopic (exact) mass is 625 g/mol. The lowest BCUT2D eigenvalue weighted by Gasteiger charge is -2.25. The predicted molar refractivity (Wildman–Crippen MR) is 175 cm³/mol. The third-order valence-corrected chi connectivity index (χ3v) is 8.33. The maximum Gasteiger partial charge on any atom is 0.254 e. The number of pyridine rings is 1. The number of aromatic nitrogens is 2. The normalized spacial score (nSPS) is 16.0. The molecule has 2 amide bonds. The number of nitrogens with zero attached hydrogens (tertiary/aromatic N) is 3. The van der Waals surface area contributed by atoms with Gasteiger partial charge in [0.1, 0.15) is 18.1 Å². The Morgan fingerprint density at radius 1 is 1.09 bits per heavy atom. The number of ether oxygens (including phenoxy) is 1. The Balaban J connectivity index is 1.32. The van der Waals surface area contributed by atoms with Crippen LogP contribution >= 0.6 is 0 Å². The zero-order valence-electron chi connectivity index (χ0n) is 26.9. The molecular weight excluding hydrogens is 582 g/mol. The van der Waals surface area contributed by atoms with Crippen LogP contribution in [0.3, 0.4) is 0 Å². The van der Waals surface area contributed by atoms with Crippen LogP contribution in [-0.2, 0) is 13.0 Å². The second-order valence-electron chi connectivity index (χ2n) is 12.2. The van der Waals surface area contributed by atoms with E-state index in [-0.39, 0.29) is 24.1 Å².